The van der Waals surface area contributed by atoms with E-state index in [4.69, 9.17) is 16.7 Å². The van der Waals surface area contributed by atoms with Crippen LogP contribution >= 0.6 is 0 Å². The minimum Gasteiger partial charge on any atom is -0.377 e. The number of primary amides is 2. The van der Waals surface area contributed by atoms with Crippen LogP contribution in [-0.2, 0) is 33.1 Å². The first-order valence-corrected chi connectivity index (χ1v) is 11.2. The van der Waals surface area contributed by atoms with Crippen LogP contribution in [-0.4, -0.2) is 29.8 Å². The van der Waals surface area contributed by atoms with E-state index in [2.05, 4.69) is 17.2 Å². The molecule has 6 N–H and O–H groups in total. The average Bonchev–Trinajstić information content (AvgIpc) is 2.82. The summed E-state index contributed by atoms with van der Waals surface area (Å²) in [6, 6.07) is 12.1. The van der Waals surface area contributed by atoms with Crippen molar-refractivity contribution in [2.45, 2.75) is 50.6 Å². The molecule has 0 aliphatic rings. The Morgan fingerprint density at radius 2 is 1.47 bits per heavy atom. The topological polar surface area (TPSA) is 151 Å². The predicted molar refractivity (Wildman–Crippen MR) is 130 cm³/mol. The molecule has 0 saturated carbocycles. The highest BCUT2D eigenvalue weighted by Crippen LogP contribution is 2.27. The number of hydrogen-bond acceptors (Lipinski definition) is 5. The van der Waals surface area contributed by atoms with Gasteiger partial charge in [-0.15, -0.1) is 0 Å². The molecule has 2 rings (SSSR count). The Kier molecular flexibility index (Phi) is 9.67. The van der Waals surface area contributed by atoms with Gasteiger partial charge >= 0.3 is 0 Å². The van der Waals surface area contributed by atoms with Crippen LogP contribution < -0.4 is 22.1 Å². The standard InChI is InChI=1S/C26H29F2N5O3/c1-16(3-12-23(30)34)32-22(14-17-4-6-19(15-29)7-5-17)25(36)33-21(24(31)35)13-18-8-10-20(11-9-18)26(2,27)28/h4-11,21-22,32H,1,3,12-14H2,2H3,(H2,30,34)(H2,31,35)(H,33,36)/t21-,22+/m0/s1. The monoisotopic (exact) mass is 497 g/mol. The Bertz CT molecular complexity index is 1140. The Morgan fingerprint density at radius 3 is 1.94 bits per heavy atom. The third-order valence-electron chi connectivity index (χ3n) is 5.45. The first-order chi connectivity index (χ1) is 16.9. The summed E-state index contributed by atoms with van der Waals surface area (Å²) in [5, 5.41) is 14.6. The van der Waals surface area contributed by atoms with Crippen LogP contribution in [0, 0.1) is 11.3 Å². The van der Waals surface area contributed by atoms with E-state index in [0.717, 1.165) is 12.5 Å². The summed E-state index contributed by atoms with van der Waals surface area (Å²) in [4.78, 5) is 36.4. The fraction of sp³-hybridized carbons (Fsp3) is 0.308. The molecule has 0 heterocycles. The summed E-state index contributed by atoms with van der Waals surface area (Å²) >= 11 is 0. The van der Waals surface area contributed by atoms with Crippen molar-refractivity contribution in [1.29, 1.82) is 5.26 Å². The third kappa shape index (κ3) is 8.83. The number of amides is 3. The van der Waals surface area contributed by atoms with E-state index < -0.39 is 35.7 Å². The lowest BCUT2D eigenvalue weighted by Crippen LogP contribution is -2.53. The maximum Gasteiger partial charge on any atom is 0.270 e. The molecule has 0 spiro atoms. The van der Waals surface area contributed by atoms with Gasteiger partial charge in [-0.3, -0.25) is 14.4 Å². The van der Waals surface area contributed by atoms with Crippen LogP contribution in [0.3, 0.4) is 0 Å². The van der Waals surface area contributed by atoms with Crippen molar-refractivity contribution in [3.05, 3.63) is 83.1 Å². The van der Waals surface area contributed by atoms with Gasteiger partial charge in [-0.2, -0.15) is 5.26 Å². The van der Waals surface area contributed by atoms with Crippen LogP contribution in [0.4, 0.5) is 8.78 Å². The number of carbonyl (C=O) groups excluding carboxylic acids is 3. The second-order valence-electron chi connectivity index (χ2n) is 8.53. The van der Waals surface area contributed by atoms with Gasteiger partial charge < -0.3 is 22.1 Å². The van der Waals surface area contributed by atoms with Gasteiger partial charge in [-0.05, 0) is 29.7 Å². The Labute approximate surface area is 208 Å². The largest absolute Gasteiger partial charge is 0.377 e. The van der Waals surface area contributed by atoms with E-state index >= 15 is 0 Å². The van der Waals surface area contributed by atoms with Crippen molar-refractivity contribution in [2.75, 3.05) is 0 Å². The molecule has 0 unspecified atom stereocenters. The number of benzene rings is 2. The number of rotatable bonds is 13. The number of carbonyl (C=O) groups is 3. The Hall–Kier alpha value is -4.26. The molecule has 0 bridgehead atoms. The van der Waals surface area contributed by atoms with E-state index in [1.807, 2.05) is 6.07 Å². The number of nitrogens with one attached hydrogen (secondary N) is 2. The van der Waals surface area contributed by atoms with Crippen LogP contribution in [0.1, 0.15) is 42.0 Å². The summed E-state index contributed by atoms with van der Waals surface area (Å²) in [5.41, 5.74) is 12.6. The first-order valence-electron chi connectivity index (χ1n) is 11.2. The van der Waals surface area contributed by atoms with Crippen molar-refractivity contribution < 1.29 is 23.2 Å². The van der Waals surface area contributed by atoms with Gasteiger partial charge in [0.25, 0.3) is 5.92 Å². The highest BCUT2D eigenvalue weighted by Gasteiger charge is 2.27. The zero-order valence-corrected chi connectivity index (χ0v) is 19.9. The molecule has 10 heteroatoms. The summed E-state index contributed by atoms with van der Waals surface area (Å²) in [7, 11) is 0. The molecule has 0 saturated heterocycles. The number of allylic oxidation sites excluding steroid dienone is 1. The minimum absolute atomic E-state index is 0.00282. The smallest absolute Gasteiger partial charge is 0.270 e. The second kappa shape index (κ2) is 12.4. The first kappa shape index (κ1) is 28.0. The van der Waals surface area contributed by atoms with Gasteiger partial charge in [0.05, 0.1) is 11.6 Å². The quantitative estimate of drug-likeness (QED) is 0.334. The molecule has 8 nitrogen and oxygen atoms in total. The average molecular weight is 498 g/mol. The fourth-order valence-corrected chi connectivity index (χ4v) is 3.42. The molecule has 0 aromatic heterocycles. The van der Waals surface area contributed by atoms with Gasteiger partial charge in [0.2, 0.25) is 17.7 Å². The molecule has 0 aliphatic carbocycles. The second-order valence-corrected chi connectivity index (χ2v) is 8.53. The van der Waals surface area contributed by atoms with Crippen molar-refractivity contribution in [3.63, 3.8) is 0 Å². The predicted octanol–water partition coefficient (Wildman–Crippen LogP) is 2.16. The zero-order chi connectivity index (χ0) is 26.9. The van der Waals surface area contributed by atoms with Crippen molar-refractivity contribution in [1.82, 2.24) is 10.6 Å². The van der Waals surface area contributed by atoms with Gasteiger partial charge in [-0.1, -0.05) is 43.0 Å². The summed E-state index contributed by atoms with van der Waals surface area (Å²) in [6.07, 6.45) is 0.426. The van der Waals surface area contributed by atoms with E-state index in [-0.39, 0.29) is 31.2 Å². The molecule has 3 amide bonds. The molecule has 2 aromatic carbocycles. The van der Waals surface area contributed by atoms with Gasteiger partial charge in [-0.25, -0.2) is 8.78 Å². The minimum atomic E-state index is -3.00. The lowest BCUT2D eigenvalue weighted by atomic mass is 10.00. The van der Waals surface area contributed by atoms with E-state index in [1.54, 1.807) is 24.3 Å². The van der Waals surface area contributed by atoms with E-state index in [1.165, 1.54) is 24.3 Å². The number of hydrogen-bond donors (Lipinski definition) is 4. The van der Waals surface area contributed by atoms with Crippen LogP contribution in [0.2, 0.25) is 0 Å². The lowest BCUT2D eigenvalue weighted by Gasteiger charge is -2.24. The summed E-state index contributed by atoms with van der Waals surface area (Å²) in [5.74, 6) is -4.87. The molecule has 0 radical (unpaired) electrons. The maximum atomic E-state index is 13.5. The number of alkyl halides is 2. The number of nitrogens with two attached hydrogens (primary N) is 2. The SMILES string of the molecule is C=C(CCC(N)=O)N[C@H](Cc1ccc(C#N)cc1)C(=O)N[C@@H](Cc1ccc(C(C)(F)F)cc1)C(N)=O. The van der Waals surface area contributed by atoms with Crippen LogP contribution in [0.25, 0.3) is 0 Å². The molecule has 0 aliphatic heterocycles. The van der Waals surface area contributed by atoms with Crippen LogP contribution in [0.15, 0.2) is 60.8 Å². The molecular formula is C26H29F2N5O3. The fourth-order valence-electron chi connectivity index (χ4n) is 3.42. The molecule has 36 heavy (non-hydrogen) atoms. The molecule has 2 aromatic rings. The van der Waals surface area contributed by atoms with Crippen molar-refractivity contribution >= 4 is 17.7 Å². The zero-order valence-electron chi connectivity index (χ0n) is 19.9. The molecule has 190 valence electrons. The maximum absolute atomic E-state index is 13.5. The number of halogens is 2. The van der Waals surface area contributed by atoms with Gasteiger partial charge in [0.1, 0.15) is 12.1 Å². The number of nitrogens with zero attached hydrogens (tertiary/aromatic N) is 1. The number of nitriles is 1. The lowest BCUT2D eigenvalue weighted by molar-refractivity contribution is -0.128. The van der Waals surface area contributed by atoms with Gasteiger partial charge in [0.15, 0.2) is 0 Å². The highest BCUT2D eigenvalue weighted by atomic mass is 19.3. The van der Waals surface area contributed by atoms with Crippen LogP contribution in [0.5, 0.6) is 0 Å². The van der Waals surface area contributed by atoms with Gasteiger partial charge in [0, 0.05) is 37.4 Å². The molecule has 2 atom stereocenters. The summed E-state index contributed by atoms with van der Waals surface area (Å²) < 4.78 is 27.0. The molecular weight excluding hydrogens is 468 g/mol. The Morgan fingerprint density at radius 1 is 0.944 bits per heavy atom. The van der Waals surface area contributed by atoms with E-state index in [9.17, 15) is 23.2 Å². The third-order valence-corrected chi connectivity index (χ3v) is 5.45. The van der Waals surface area contributed by atoms with Crippen molar-refractivity contribution in [2.24, 2.45) is 11.5 Å². The Balaban J connectivity index is 2.18. The molecule has 0 fully saturated rings. The highest BCUT2D eigenvalue weighted by molar-refractivity contribution is 5.89. The van der Waals surface area contributed by atoms with Crippen molar-refractivity contribution in [3.8, 4) is 6.07 Å². The van der Waals surface area contributed by atoms with E-state index in [0.29, 0.717) is 16.8 Å². The summed E-state index contributed by atoms with van der Waals surface area (Å²) in [6.45, 7) is 4.62. The normalized spacial score (nSPS) is 12.6.